The monoisotopic (exact) mass is 391 g/mol. The molecule has 2 aromatic heterocycles. The molecule has 1 N–H and O–H groups in total. The third kappa shape index (κ3) is 5.39. The van der Waals surface area contributed by atoms with E-state index in [9.17, 15) is 4.79 Å². The van der Waals surface area contributed by atoms with Gasteiger partial charge in [0.2, 0.25) is 6.54 Å². The second kappa shape index (κ2) is 7.90. The summed E-state index contributed by atoms with van der Waals surface area (Å²) in [4.78, 5) is 11.5. The first-order valence-corrected chi connectivity index (χ1v) is 6.33. The standard InChI is InChI=1S/C12H10IN3O2.ClH/c13-11-5-4-10(18-11)8-14-15-12(17)9-16-6-2-1-3-7-16;/h1-8H,9H2;1H/b14-8+;. The lowest BCUT2D eigenvalue weighted by Crippen LogP contribution is -3.00. The molecule has 2 aromatic rings. The Kier molecular flexibility index (Phi) is 6.51. The second-order valence-electron chi connectivity index (χ2n) is 3.48. The van der Waals surface area contributed by atoms with E-state index in [1.807, 2.05) is 36.7 Å². The lowest BCUT2D eigenvalue weighted by molar-refractivity contribution is -0.684. The van der Waals surface area contributed by atoms with Gasteiger partial charge < -0.3 is 16.8 Å². The van der Waals surface area contributed by atoms with Crippen molar-refractivity contribution >= 4 is 34.7 Å². The van der Waals surface area contributed by atoms with Gasteiger partial charge in [0, 0.05) is 12.1 Å². The summed E-state index contributed by atoms with van der Waals surface area (Å²) in [6.07, 6.45) is 5.10. The highest BCUT2D eigenvalue weighted by Gasteiger charge is 2.06. The summed E-state index contributed by atoms with van der Waals surface area (Å²) in [7, 11) is 0. The van der Waals surface area contributed by atoms with Crippen LogP contribution in [0.3, 0.4) is 0 Å². The van der Waals surface area contributed by atoms with Crippen LogP contribution in [0.5, 0.6) is 0 Å². The van der Waals surface area contributed by atoms with Crippen molar-refractivity contribution in [2.45, 2.75) is 6.54 Å². The Morgan fingerprint density at radius 3 is 2.74 bits per heavy atom. The first kappa shape index (κ1) is 15.6. The largest absolute Gasteiger partial charge is 1.00 e. The van der Waals surface area contributed by atoms with Crippen LogP contribution in [0.4, 0.5) is 0 Å². The van der Waals surface area contributed by atoms with E-state index < -0.39 is 0 Å². The lowest BCUT2D eigenvalue weighted by Gasteiger charge is -1.95. The number of nitrogens with one attached hydrogen (secondary N) is 1. The van der Waals surface area contributed by atoms with E-state index >= 15 is 0 Å². The molecule has 100 valence electrons. The predicted molar refractivity (Wildman–Crippen MR) is 73.8 cm³/mol. The predicted octanol–water partition coefficient (Wildman–Crippen LogP) is -1.67. The third-order valence-corrected chi connectivity index (χ3v) is 2.66. The Morgan fingerprint density at radius 2 is 2.11 bits per heavy atom. The smallest absolute Gasteiger partial charge is 0.305 e. The summed E-state index contributed by atoms with van der Waals surface area (Å²) < 4.78 is 7.81. The van der Waals surface area contributed by atoms with Crippen molar-refractivity contribution in [2.24, 2.45) is 5.10 Å². The molecule has 0 aliphatic rings. The van der Waals surface area contributed by atoms with Crippen molar-refractivity contribution in [3.05, 3.63) is 52.3 Å². The molecule has 0 spiro atoms. The van der Waals surface area contributed by atoms with Gasteiger partial charge in [0.15, 0.2) is 16.2 Å². The Labute approximate surface area is 130 Å². The van der Waals surface area contributed by atoms with Gasteiger partial charge in [-0.25, -0.2) is 5.43 Å². The maximum absolute atomic E-state index is 11.5. The van der Waals surface area contributed by atoms with E-state index in [1.54, 1.807) is 10.6 Å². The zero-order valence-electron chi connectivity index (χ0n) is 9.79. The summed E-state index contributed by atoms with van der Waals surface area (Å²) >= 11 is 2.06. The number of nitrogens with zero attached hydrogens (tertiary/aromatic N) is 2. The van der Waals surface area contributed by atoms with Crippen LogP contribution in [-0.4, -0.2) is 12.1 Å². The Bertz CT molecular complexity index is 557. The number of aromatic nitrogens is 1. The SMILES string of the molecule is O=C(C[n+]1ccccc1)N/N=C/c1ccc(I)o1.[Cl-]. The van der Waals surface area contributed by atoms with Crippen molar-refractivity contribution in [2.75, 3.05) is 0 Å². The number of furan rings is 1. The fourth-order valence-corrected chi connectivity index (χ4v) is 1.74. The molecule has 0 fully saturated rings. The number of amides is 1. The molecule has 0 unspecified atom stereocenters. The first-order chi connectivity index (χ1) is 8.74. The highest BCUT2D eigenvalue weighted by atomic mass is 127. The molecular weight excluding hydrogens is 381 g/mol. The fraction of sp³-hybridized carbons (Fsp3) is 0.0833. The Hall–Kier alpha value is -1.41. The van der Waals surface area contributed by atoms with Crippen molar-refractivity contribution < 1.29 is 26.2 Å². The molecule has 0 aromatic carbocycles. The molecule has 0 bridgehead atoms. The van der Waals surface area contributed by atoms with Gasteiger partial charge in [0.25, 0.3) is 0 Å². The van der Waals surface area contributed by atoms with Crippen LogP contribution in [0, 0.1) is 3.77 Å². The molecule has 0 aliphatic heterocycles. The molecule has 0 saturated carbocycles. The first-order valence-electron chi connectivity index (χ1n) is 5.25. The third-order valence-electron chi connectivity index (χ3n) is 2.08. The molecule has 0 radical (unpaired) electrons. The number of hydrogen-bond donors (Lipinski definition) is 1. The molecule has 2 heterocycles. The van der Waals surface area contributed by atoms with Crippen LogP contribution >= 0.6 is 22.6 Å². The van der Waals surface area contributed by atoms with Crippen molar-refractivity contribution in [1.82, 2.24) is 5.43 Å². The molecule has 5 nitrogen and oxygen atoms in total. The Balaban J connectivity index is 0.00000180. The molecule has 1 amide bonds. The quantitative estimate of drug-likeness (QED) is 0.293. The molecule has 19 heavy (non-hydrogen) atoms. The van der Waals surface area contributed by atoms with Gasteiger partial charge in [-0.1, -0.05) is 6.07 Å². The highest BCUT2D eigenvalue weighted by Crippen LogP contribution is 2.07. The summed E-state index contributed by atoms with van der Waals surface area (Å²) in [5.74, 6) is 0.413. The van der Waals surface area contributed by atoms with Gasteiger partial charge in [0.05, 0.1) is 6.21 Å². The van der Waals surface area contributed by atoms with Crippen LogP contribution in [0.1, 0.15) is 5.76 Å². The molecule has 0 saturated heterocycles. The van der Waals surface area contributed by atoms with E-state index in [2.05, 4.69) is 33.1 Å². The van der Waals surface area contributed by atoms with E-state index in [4.69, 9.17) is 4.42 Å². The van der Waals surface area contributed by atoms with Gasteiger partial charge in [-0.3, -0.25) is 4.79 Å². The summed E-state index contributed by atoms with van der Waals surface area (Å²) in [6.45, 7) is 0.230. The lowest BCUT2D eigenvalue weighted by atomic mass is 10.4. The van der Waals surface area contributed by atoms with E-state index in [0.717, 1.165) is 3.77 Å². The topological polar surface area (TPSA) is 58.5 Å². The van der Waals surface area contributed by atoms with Gasteiger partial charge in [0.1, 0.15) is 5.76 Å². The number of hydrogen-bond acceptors (Lipinski definition) is 3. The average Bonchev–Trinajstić information content (AvgIpc) is 2.76. The number of carbonyl (C=O) groups is 1. The average molecular weight is 392 g/mol. The minimum Gasteiger partial charge on any atom is -1.00 e. The molecule has 0 atom stereocenters. The summed E-state index contributed by atoms with van der Waals surface area (Å²) in [5.41, 5.74) is 2.44. The van der Waals surface area contributed by atoms with Gasteiger partial charge in [-0.05, 0) is 34.7 Å². The van der Waals surface area contributed by atoms with Crippen molar-refractivity contribution in [3.8, 4) is 0 Å². The minimum absolute atomic E-state index is 0. The highest BCUT2D eigenvalue weighted by molar-refractivity contribution is 14.1. The molecule has 0 aliphatic carbocycles. The van der Waals surface area contributed by atoms with Gasteiger partial charge in [-0.2, -0.15) is 9.67 Å². The van der Waals surface area contributed by atoms with Crippen LogP contribution in [0.15, 0.2) is 52.2 Å². The maximum Gasteiger partial charge on any atom is 0.305 e. The normalized spacial score (nSPS) is 10.2. The fourth-order valence-electron chi connectivity index (χ4n) is 1.31. The van der Waals surface area contributed by atoms with Crippen molar-refractivity contribution in [1.29, 1.82) is 0 Å². The maximum atomic E-state index is 11.5. The number of hydrazone groups is 1. The summed E-state index contributed by atoms with van der Waals surface area (Å²) in [6, 6.07) is 9.22. The zero-order chi connectivity index (χ0) is 12.8. The summed E-state index contributed by atoms with van der Waals surface area (Å²) in [5, 5.41) is 3.82. The number of carbonyl (C=O) groups excluding carboxylic acids is 1. The minimum atomic E-state index is -0.191. The van der Waals surface area contributed by atoms with Crippen LogP contribution in [-0.2, 0) is 11.3 Å². The molecule has 2 rings (SSSR count). The van der Waals surface area contributed by atoms with Gasteiger partial charge in [-0.15, -0.1) is 0 Å². The van der Waals surface area contributed by atoms with E-state index in [0.29, 0.717) is 5.76 Å². The molecule has 7 heteroatoms. The van der Waals surface area contributed by atoms with E-state index in [1.165, 1.54) is 6.21 Å². The van der Waals surface area contributed by atoms with Crippen LogP contribution in [0.25, 0.3) is 0 Å². The molecular formula is C12H11ClIN3O2. The van der Waals surface area contributed by atoms with Crippen LogP contribution in [0.2, 0.25) is 0 Å². The van der Waals surface area contributed by atoms with Crippen LogP contribution < -0.4 is 22.4 Å². The van der Waals surface area contributed by atoms with E-state index in [-0.39, 0.29) is 24.9 Å². The van der Waals surface area contributed by atoms with Gasteiger partial charge >= 0.3 is 5.91 Å². The van der Waals surface area contributed by atoms with Crippen molar-refractivity contribution in [3.63, 3.8) is 0 Å². The second-order valence-corrected chi connectivity index (χ2v) is 4.55. The Morgan fingerprint density at radius 1 is 1.37 bits per heavy atom. The number of pyridine rings is 1. The number of halogens is 2. The number of rotatable bonds is 4. The zero-order valence-corrected chi connectivity index (χ0v) is 12.7.